The van der Waals surface area contributed by atoms with Gasteiger partial charge in [-0.1, -0.05) is 0 Å². The Labute approximate surface area is 82.2 Å². The van der Waals surface area contributed by atoms with Crippen molar-refractivity contribution >= 4 is 11.9 Å². The second kappa shape index (κ2) is 8.46. The lowest BCUT2D eigenvalue weighted by Gasteiger charge is -2.04. The van der Waals surface area contributed by atoms with E-state index in [-0.39, 0.29) is 33.0 Å². The van der Waals surface area contributed by atoms with Crippen LogP contribution < -0.4 is 5.32 Å². The van der Waals surface area contributed by atoms with E-state index in [9.17, 15) is 9.59 Å². The van der Waals surface area contributed by atoms with Crippen molar-refractivity contribution in [2.24, 2.45) is 0 Å². The van der Waals surface area contributed by atoms with Crippen LogP contribution in [-0.2, 0) is 19.1 Å². The molecule has 82 valence electrons. The van der Waals surface area contributed by atoms with Crippen molar-refractivity contribution in [3.05, 3.63) is 0 Å². The number of hydrogen-bond donors (Lipinski definition) is 2. The van der Waals surface area contributed by atoms with Crippen molar-refractivity contribution in [2.45, 2.75) is 6.92 Å². The Kier molecular flexibility index (Phi) is 7.77. The molecule has 0 aliphatic rings. The van der Waals surface area contributed by atoms with Crippen molar-refractivity contribution in [1.82, 2.24) is 5.32 Å². The van der Waals surface area contributed by atoms with E-state index in [4.69, 9.17) is 9.84 Å². The van der Waals surface area contributed by atoms with E-state index in [1.807, 2.05) is 0 Å². The molecule has 0 rings (SSSR count). The summed E-state index contributed by atoms with van der Waals surface area (Å²) < 4.78 is 9.31. The average Bonchev–Trinajstić information content (AvgIpc) is 2.17. The number of nitrogens with one attached hydrogen (secondary N) is 1. The lowest BCUT2D eigenvalue weighted by atomic mass is 10.5. The highest BCUT2D eigenvalue weighted by atomic mass is 16.5. The number of ether oxygens (including phenoxy) is 2. The zero-order chi connectivity index (χ0) is 10.8. The molecule has 0 aromatic rings. The van der Waals surface area contributed by atoms with Crippen LogP contribution in [0.4, 0.5) is 0 Å². The zero-order valence-corrected chi connectivity index (χ0v) is 8.12. The van der Waals surface area contributed by atoms with Crippen LogP contribution >= 0.6 is 0 Å². The summed E-state index contributed by atoms with van der Waals surface area (Å²) in [6.07, 6.45) is 0. The lowest BCUT2D eigenvalue weighted by Crippen LogP contribution is -2.34. The Morgan fingerprint density at radius 2 is 2.07 bits per heavy atom. The first kappa shape index (κ1) is 12.9. The maximum Gasteiger partial charge on any atom is 0.396 e. The van der Waals surface area contributed by atoms with E-state index in [1.54, 1.807) is 6.92 Å². The topological polar surface area (TPSA) is 84.9 Å². The highest BCUT2D eigenvalue weighted by Gasteiger charge is 2.12. The van der Waals surface area contributed by atoms with Crippen LogP contribution in [0.2, 0.25) is 0 Å². The van der Waals surface area contributed by atoms with E-state index in [0.29, 0.717) is 0 Å². The molecule has 0 unspecified atom stereocenters. The monoisotopic (exact) mass is 205 g/mol. The molecule has 0 aromatic carbocycles. The van der Waals surface area contributed by atoms with E-state index in [2.05, 4.69) is 10.1 Å². The van der Waals surface area contributed by atoms with Gasteiger partial charge < -0.3 is 19.9 Å². The molecule has 6 nitrogen and oxygen atoms in total. The third-order valence-electron chi connectivity index (χ3n) is 1.23. The van der Waals surface area contributed by atoms with Crippen molar-refractivity contribution in [2.75, 3.05) is 33.0 Å². The maximum atomic E-state index is 10.9. The molecule has 0 fully saturated rings. The maximum absolute atomic E-state index is 10.9. The first-order valence-corrected chi connectivity index (χ1v) is 4.36. The molecule has 0 spiro atoms. The summed E-state index contributed by atoms with van der Waals surface area (Å²) in [6, 6.07) is 0. The minimum atomic E-state index is -0.894. The molecule has 0 aliphatic carbocycles. The van der Waals surface area contributed by atoms with Gasteiger partial charge in [0.1, 0.15) is 0 Å². The Balaban J connectivity index is 3.39. The molecular weight excluding hydrogens is 190 g/mol. The second-order valence-electron chi connectivity index (χ2n) is 2.31. The van der Waals surface area contributed by atoms with Gasteiger partial charge in [-0.15, -0.1) is 0 Å². The Morgan fingerprint density at radius 3 is 2.64 bits per heavy atom. The largest absolute Gasteiger partial charge is 0.459 e. The normalized spacial score (nSPS) is 9.57. The third-order valence-corrected chi connectivity index (χ3v) is 1.23. The number of esters is 1. The second-order valence-corrected chi connectivity index (χ2v) is 2.31. The molecule has 0 saturated heterocycles. The van der Waals surface area contributed by atoms with E-state index in [0.717, 1.165) is 0 Å². The summed E-state index contributed by atoms with van der Waals surface area (Å²) in [5.74, 6) is -1.67. The van der Waals surface area contributed by atoms with Crippen LogP contribution in [-0.4, -0.2) is 50.0 Å². The van der Waals surface area contributed by atoms with Gasteiger partial charge in [-0.25, -0.2) is 4.79 Å². The molecule has 0 atom stereocenters. The smallest absolute Gasteiger partial charge is 0.396 e. The predicted molar refractivity (Wildman–Crippen MR) is 47.5 cm³/mol. The molecule has 14 heavy (non-hydrogen) atoms. The molecule has 0 radical (unpaired) electrons. The highest BCUT2D eigenvalue weighted by Crippen LogP contribution is 1.78. The van der Waals surface area contributed by atoms with Gasteiger partial charge in [-0.05, 0) is 6.92 Å². The number of carbonyl (C=O) groups is 2. The minimum absolute atomic E-state index is 0.0637. The molecule has 6 heteroatoms. The number of carbonyl (C=O) groups excluding carboxylic acids is 2. The van der Waals surface area contributed by atoms with Crippen molar-refractivity contribution in [3.8, 4) is 0 Å². The lowest BCUT2D eigenvalue weighted by molar-refractivity contribution is -0.154. The molecule has 0 bridgehead atoms. The number of rotatable bonds is 6. The van der Waals surface area contributed by atoms with Crippen LogP contribution in [0.5, 0.6) is 0 Å². The summed E-state index contributed by atoms with van der Waals surface area (Å²) in [5, 5.41) is 10.7. The Hall–Kier alpha value is -1.14. The molecular formula is C8H15NO5. The van der Waals surface area contributed by atoms with Crippen LogP contribution in [0.15, 0.2) is 0 Å². The summed E-state index contributed by atoms with van der Waals surface area (Å²) in [4.78, 5) is 21.6. The fourth-order valence-corrected chi connectivity index (χ4v) is 0.672. The van der Waals surface area contributed by atoms with E-state index in [1.165, 1.54) is 0 Å². The van der Waals surface area contributed by atoms with Gasteiger partial charge in [-0.2, -0.15) is 0 Å². The standard InChI is InChI=1S/C8H15NO5/c1-2-14-8(12)7(11)9-3-5-13-6-4-10/h10H,2-6H2,1H3,(H,9,11). The number of amides is 1. The molecule has 0 saturated carbocycles. The van der Waals surface area contributed by atoms with Gasteiger partial charge in [0.2, 0.25) is 0 Å². The first-order chi connectivity index (χ1) is 6.72. The van der Waals surface area contributed by atoms with E-state index < -0.39 is 11.9 Å². The van der Waals surface area contributed by atoms with E-state index >= 15 is 0 Å². The van der Waals surface area contributed by atoms with Gasteiger partial charge in [0.15, 0.2) is 0 Å². The Bertz CT molecular complexity index is 183. The zero-order valence-electron chi connectivity index (χ0n) is 8.12. The third kappa shape index (κ3) is 6.38. The van der Waals surface area contributed by atoms with Crippen molar-refractivity contribution in [1.29, 1.82) is 0 Å². The predicted octanol–water partition coefficient (Wildman–Crippen LogP) is -1.33. The van der Waals surface area contributed by atoms with Crippen molar-refractivity contribution < 1.29 is 24.2 Å². The quantitative estimate of drug-likeness (QED) is 0.319. The molecule has 0 aromatic heterocycles. The van der Waals surface area contributed by atoms with Crippen LogP contribution in [0.3, 0.4) is 0 Å². The summed E-state index contributed by atoms with van der Waals surface area (Å²) in [5.41, 5.74) is 0. The molecule has 0 aliphatic heterocycles. The fourth-order valence-electron chi connectivity index (χ4n) is 0.672. The van der Waals surface area contributed by atoms with Crippen molar-refractivity contribution in [3.63, 3.8) is 0 Å². The fraction of sp³-hybridized carbons (Fsp3) is 0.750. The van der Waals surface area contributed by atoms with Gasteiger partial charge in [-0.3, -0.25) is 4.79 Å². The number of aliphatic hydroxyl groups is 1. The minimum Gasteiger partial charge on any atom is -0.459 e. The molecule has 0 heterocycles. The highest BCUT2D eigenvalue weighted by molar-refractivity contribution is 6.32. The number of hydrogen-bond acceptors (Lipinski definition) is 5. The molecule has 1 amide bonds. The van der Waals surface area contributed by atoms with Gasteiger partial charge in [0.05, 0.1) is 26.4 Å². The molecule has 2 N–H and O–H groups in total. The Morgan fingerprint density at radius 1 is 1.36 bits per heavy atom. The van der Waals surface area contributed by atoms with Crippen LogP contribution in [0, 0.1) is 0 Å². The summed E-state index contributed by atoms with van der Waals surface area (Å²) >= 11 is 0. The summed E-state index contributed by atoms with van der Waals surface area (Å²) in [6.45, 7) is 2.42. The van der Waals surface area contributed by atoms with Gasteiger partial charge in [0, 0.05) is 6.54 Å². The average molecular weight is 205 g/mol. The SMILES string of the molecule is CCOC(=O)C(=O)NCCOCCO. The van der Waals surface area contributed by atoms with Gasteiger partial charge >= 0.3 is 11.9 Å². The number of aliphatic hydroxyl groups excluding tert-OH is 1. The summed E-state index contributed by atoms with van der Waals surface area (Å²) in [7, 11) is 0. The first-order valence-electron chi connectivity index (χ1n) is 4.36. The van der Waals surface area contributed by atoms with Crippen LogP contribution in [0.1, 0.15) is 6.92 Å². The van der Waals surface area contributed by atoms with Crippen LogP contribution in [0.25, 0.3) is 0 Å². The van der Waals surface area contributed by atoms with Gasteiger partial charge in [0.25, 0.3) is 0 Å².